The van der Waals surface area contributed by atoms with Gasteiger partial charge in [0.2, 0.25) is 0 Å². The normalized spacial score (nSPS) is 0. The van der Waals surface area contributed by atoms with E-state index in [4.69, 9.17) is 0 Å². The Hall–Kier alpha value is 3.65. The van der Waals surface area contributed by atoms with Gasteiger partial charge in [0.25, 0.3) is 0 Å². The van der Waals surface area contributed by atoms with Crippen molar-refractivity contribution in [2.75, 3.05) is 0 Å². The van der Waals surface area contributed by atoms with E-state index in [-0.39, 0.29) is 126 Å². The molecule has 0 amide bonds. The largest absolute Gasteiger partial charge is 2.00 e. The van der Waals surface area contributed by atoms with Gasteiger partial charge in [0.15, 0.2) is 0 Å². The second-order valence-corrected chi connectivity index (χ2v) is 0. The van der Waals surface area contributed by atoms with E-state index in [2.05, 4.69) is 0 Å². The van der Waals surface area contributed by atoms with Crippen molar-refractivity contribution in [2.24, 2.45) is 0 Å². The number of rotatable bonds is 0. The fraction of sp³-hybridized carbons (Fsp3) is 0. The van der Waals surface area contributed by atoms with Crippen molar-refractivity contribution in [1.29, 1.82) is 0 Å². The molecule has 0 heterocycles. The summed E-state index contributed by atoms with van der Waals surface area (Å²) in [6.45, 7) is 0. The smallest absolute Gasteiger partial charge is 1.00 e. The first-order chi connectivity index (χ1) is 0. The minimum Gasteiger partial charge on any atom is -1.00 e. The molecule has 0 fully saturated rings. The molecule has 0 aromatic rings. The van der Waals surface area contributed by atoms with Crippen LogP contribution >= 0.6 is 0 Å². The summed E-state index contributed by atoms with van der Waals surface area (Å²) < 4.78 is 0. The molecular formula is BaCl4Pb. The summed E-state index contributed by atoms with van der Waals surface area (Å²) in [5, 5.41) is 0. The minimum absolute atomic E-state index is 0. The van der Waals surface area contributed by atoms with Crippen LogP contribution in [0.2, 0.25) is 0 Å². The van der Waals surface area contributed by atoms with Gasteiger partial charge in [0, 0.05) is 0 Å². The summed E-state index contributed by atoms with van der Waals surface area (Å²) in [5.74, 6) is 0. The van der Waals surface area contributed by atoms with E-state index in [1.807, 2.05) is 0 Å². The van der Waals surface area contributed by atoms with Crippen molar-refractivity contribution in [2.45, 2.75) is 0 Å². The summed E-state index contributed by atoms with van der Waals surface area (Å²) >= 11 is 0. The van der Waals surface area contributed by atoms with Gasteiger partial charge in [-0.15, -0.1) is 0 Å². The van der Waals surface area contributed by atoms with Crippen LogP contribution in [0.3, 0.4) is 0 Å². The first kappa shape index (κ1) is 54.2. The molecule has 0 aromatic heterocycles. The van der Waals surface area contributed by atoms with Crippen LogP contribution in [0, 0.1) is 0 Å². The maximum absolute atomic E-state index is 0. The molecule has 6 heavy (non-hydrogen) atoms. The van der Waals surface area contributed by atoms with Gasteiger partial charge in [-0.3, -0.25) is 0 Å². The SMILES string of the molecule is [Ba+2].[Cl-].[Cl-].[Cl-].[Cl-].[Pb+2]. The van der Waals surface area contributed by atoms with E-state index in [0.717, 1.165) is 0 Å². The monoisotopic (exact) mass is 486 g/mol. The van der Waals surface area contributed by atoms with Crippen molar-refractivity contribution in [1.82, 2.24) is 0 Å². The molecule has 0 aliphatic carbocycles. The van der Waals surface area contributed by atoms with Gasteiger partial charge in [-0.1, -0.05) is 0 Å². The van der Waals surface area contributed by atoms with E-state index in [1.165, 1.54) is 0 Å². The van der Waals surface area contributed by atoms with Crippen LogP contribution in [0.1, 0.15) is 0 Å². The van der Waals surface area contributed by atoms with Crippen LogP contribution in [-0.4, -0.2) is 76.2 Å². The Morgan fingerprint density at radius 1 is 0.500 bits per heavy atom. The molecule has 0 N–H and O–H groups in total. The maximum atomic E-state index is 0. The van der Waals surface area contributed by atoms with Crippen molar-refractivity contribution >= 4 is 76.2 Å². The molecule has 2 radical (unpaired) electrons. The average Bonchev–Trinajstić information content (AvgIpc) is 0. The molecule has 0 saturated carbocycles. The van der Waals surface area contributed by atoms with E-state index in [1.54, 1.807) is 0 Å². The molecular weight excluding hydrogens is 486 g/mol. The molecule has 0 aliphatic heterocycles. The molecule has 0 spiro atoms. The Morgan fingerprint density at radius 3 is 0.500 bits per heavy atom. The average molecular weight is 486 g/mol. The van der Waals surface area contributed by atoms with Gasteiger partial charge in [-0.2, -0.15) is 0 Å². The molecule has 0 saturated heterocycles. The van der Waals surface area contributed by atoms with E-state index in [0.29, 0.717) is 0 Å². The Bertz CT molecular complexity index is 7.51. The van der Waals surface area contributed by atoms with Crippen molar-refractivity contribution in [3.8, 4) is 0 Å². The summed E-state index contributed by atoms with van der Waals surface area (Å²) in [7, 11) is 0. The quantitative estimate of drug-likeness (QED) is 0.299. The molecule has 0 nitrogen and oxygen atoms in total. The van der Waals surface area contributed by atoms with Crippen molar-refractivity contribution in [3.05, 3.63) is 0 Å². The Kier molecular flexibility index (Phi) is 343. The molecule has 34 valence electrons. The van der Waals surface area contributed by atoms with Crippen LogP contribution in [-0.2, 0) is 0 Å². The van der Waals surface area contributed by atoms with Gasteiger partial charge in [-0.25, -0.2) is 0 Å². The Morgan fingerprint density at radius 2 is 0.500 bits per heavy atom. The van der Waals surface area contributed by atoms with E-state index < -0.39 is 0 Å². The summed E-state index contributed by atoms with van der Waals surface area (Å²) in [4.78, 5) is 0. The van der Waals surface area contributed by atoms with Gasteiger partial charge >= 0.3 is 76.2 Å². The number of hydrogen-bond acceptors (Lipinski definition) is 0. The van der Waals surface area contributed by atoms with E-state index >= 15 is 0 Å². The van der Waals surface area contributed by atoms with Crippen molar-refractivity contribution < 1.29 is 49.6 Å². The fourth-order valence-corrected chi connectivity index (χ4v) is 0. The van der Waals surface area contributed by atoms with E-state index in [9.17, 15) is 0 Å². The zero-order valence-electron chi connectivity index (χ0n) is 2.72. The van der Waals surface area contributed by atoms with Crippen molar-refractivity contribution in [3.63, 3.8) is 0 Å². The van der Waals surface area contributed by atoms with Gasteiger partial charge in [-0.05, 0) is 0 Å². The van der Waals surface area contributed by atoms with Gasteiger partial charge < -0.3 is 49.6 Å². The fourth-order valence-electron chi connectivity index (χ4n) is 0. The molecule has 0 unspecified atom stereocenters. The molecule has 0 aromatic carbocycles. The zero-order valence-corrected chi connectivity index (χ0v) is 14.1. The predicted molar refractivity (Wildman–Crippen MR) is 11.5 cm³/mol. The second-order valence-electron chi connectivity index (χ2n) is 0. The molecule has 0 atom stereocenters. The third-order valence-corrected chi connectivity index (χ3v) is 0. The predicted octanol–water partition coefficient (Wildman–Crippen LogP) is -12.7. The molecule has 0 rings (SSSR count). The topological polar surface area (TPSA) is 0 Å². The van der Waals surface area contributed by atoms with Crippen LogP contribution in [0.25, 0.3) is 0 Å². The summed E-state index contributed by atoms with van der Waals surface area (Å²) in [6, 6.07) is 0. The standard InChI is InChI=1S/Ba.4ClH.Pb/h;4*1H;/q+2;;;;;+2/p-4. The molecule has 6 heteroatoms. The van der Waals surface area contributed by atoms with Crippen LogP contribution in [0.15, 0.2) is 0 Å². The maximum Gasteiger partial charge on any atom is 2.00 e. The Balaban J connectivity index is 0. The third kappa shape index (κ3) is 25.4. The Labute approximate surface area is 123 Å². The van der Waals surface area contributed by atoms with Crippen LogP contribution < -0.4 is 49.6 Å². The first-order valence-electron chi connectivity index (χ1n) is 0. The summed E-state index contributed by atoms with van der Waals surface area (Å²) in [6.07, 6.45) is 0. The van der Waals surface area contributed by atoms with Crippen LogP contribution in [0.5, 0.6) is 0 Å². The third-order valence-electron chi connectivity index (χ3n) is 0. The van der Waals surface area contributed by atoms with Gasteiger partial charge in [0.1, 0.15) is 0 Å². The van der Waals surface area contributed by atoms with Gasteiger partial charge in [0.05, 0.1) is 0 Å². The number of hydrogen-bond donors (Lipinski definition) is 0. The first-order valence-corrected chi connectivity index (χ1v) is 0. The number of halogens is 4. The second kappa shape index (κ2) is 38.0. The summed E-state index contributed by atoms with van der Waals surface area (Å²) in [5.41, 5.74) is 0. The van der Waals surface area contributed by atoms with Crippen LogP contribution in [0.4, 0.5) is 0 Å². The molecule has 0 bridgehead atoms. The zero-order chi connectivity index (χ0) is 0. The molecule has 0 aliphatic rings. The minimum atomic E-state index is 0.